The van der Waals surface area contributed by atoms with Crippen molar-refractivity contribution >= 4 is 24.0 Å². The van der Waals surface area contributed by atoms with E-state index in [-0.39, 0.29) is 23.4 Å². The van der Waals surface area contributed by atoms with Crippen molar-refractivity contribution in [1.29, 1.82) is 0 Å². The lowest BCUT2D eigenvalue weighted by molar-refractivity contribution is 0.117. The average Bonchev–Trinajstić information content (AvgIpc) is 2.70. The molecule has 0 atom stereocenters. The molecule has 2 nitrogen and oxygen atoms in total. The smallest absolute Gasteiger partial charge is 0.127 e. The molecule has 0 saturated heterocycles. The summed E-state index contributed by atoms with van der Waals surface area (Å²) in [5.41, 5.74) is 6.19. The van der Waals surface area contributed by atoms with Gasteiger partial charge in [0.15, 0.2) is 0 Å². The number of phenols is 1. The molecule has 0 bridgehead atoms. The van der Waals surface area contributed by atoms with Crippen LogP contribution in [0.4, 0.5) is 0 Å². The van der Waals surface area contributed by atoms with Crippen LogP contribution in [0.1, 0.15) is 63.8 Å². The lowest BCUT2D eigenvalue weighted by Gasteiger charge is -2.36. The van der Waals surface area contributed by atoms with Crippen LogP contribution in [0.25, 0.3) is 11.1 Å². The van der Waals surface area contributed by atoms with E-state index in [0.29, 0.717) is 12.3 Å². The molecule has 0 saturated carbocycles. The molecule has 4 heteroatoms. The third kappa shape index (κ3) is 6.76. The maximum atomic E-state index is 11.4. The average molecular weight is 487 g/mol. The number of nitrogens with zero attached hydrogens (tertiary/aromatic N) is 1. The van der Waals surface area contributed by atoms with Crippen molar-refractivity contribution in [2.24, 2.45) is 0 Å². The van der Waals surface area contributed by atoms with Gasteiger partial charge in [-0.15, -0.1) is 12.4 Å². The fourth-order valence-electron chi connectivity index (χ4n) is 3.82. The van der Waals surface area contributed by atoms with E-state index >= 15 is 0 Å². The van der Waals surface area contributed by atoms with Gasteiger partial charge in [0.2, 0.25) is 0 Å². The molecule has 0 aliphatic heterocycles. The number of rotatable bonds is 5. The lowest BCUT2D eigenvalue weighted by Crippen LogP contribution is -2.40. The van der Waals surface area contributed by atoms with Gasteiger partial charge < -0.3 is 5.11 Å². The standard InChI is InChI=1S/C29H36ClNO.ClH/c1-20-15-22(13-14-26(20)30)25-17-24(28(2,3)4)16-23(27(25)32)19-31(29(5,6)7)18-21-11-9-8-10-12-21;/h8-17,32H,18-19H2,1-7H3;1H. The third-order valence-electron chi connectivity index (χ3n) is 6.05. The third-order valence-corrected chi connectivity index (χ3v) is 6.47. The van der Waals surface area contributed by atoms with Crippen LogP contribution in [0.3, 0.4) is 0 Å². The number of phenolic OH excluding ortho intramolecular Hbond substituents is 1. The number of aromatic hydroxyl groups is 1. The van der Waals surface area contributed by atoms with Crippen LogP contribution in [-0.4, -0.2) is 15.5 Å². The fraction of sp³-hybridized carbons (Fsp3) is 0.379. The van der Waals surface area contributed by atoms with E-state index in [9.17, 15) is 5.11 Å². The van der Waals surface area contributed by atoms with Crippen molar-refractivity contribution in [2.45, 2.75) is 72.5 Å². The monoisotopic (exact) mass is 485 g/mol. The Kier molecular flexibility index (Phi) is 8.68. The maximum absolute atomic E-state index is 11.4. The highest BCUT2D eigenvalue weighted by molar-refractivity contribution is 6.31. The van der Waals surface area contributed by atoms with Crippen LogP contribution in [0.2, 0.25) is 5.02 Å². The Hall–Kier alpha value is -2.00. The molecule has 0 spiro atoms. The number of benzene rings is 3. The summed E-state index contributed by atoms with van der Waals surface area (Å²) in [7, 11) is 0. The topological polar surface area (TPSA) is 23.5 Å². The van der Waals surface area contributed by atoms with Crippen LogP contribution in [0.5, 0.6) is 5.75 Å². The van der Waals surface area contributed by atoms with Crippen LogP contribution in [-0.2, 0) is 18.5 Å². The summed E-state index contributed by atoms with van der Waals surface area (Å²) in [4.78, 5) is 2.42. The van der Waals surface area contributed by atoms with Crippen molar-refractivity contribution in [3.63, 3.8) is 0 Å². The van der Waals surface area contributed by atoms with Gasteiger partial charge >= 0.3 is 0 Å². The zero-order chi connectivity index (χ0) is 23.7. The van der Waals surface area contributed by atoms with Gasteiger partial charge in [-0.3, -0.25) is 4.90 Å². The summed E-state index contributed by atoms with van der Waals surface area (Å²) in [6, 6.07) is 20.8. The quantitative estimate of drug-likeness (QED) is 0.391. The predicted octanol–water partition coefficient (Wildman–Crippen LogP) is 8.54. The Labute approximate surface area is 211 Å². The van der Waals surface area contributed by atoms with Crippen molar-refractivity contribution in [3.05, 3.63) is 87.9 Å². The maximum Gasteiger partial charge on any atom is 0.127 e. The Morgan fingerprint density at radius 3 is 2.03 bits per heavy atom. The molecule has 0 aromatic heterocycles. The van der Waals surface area contributed by atoms with Crippen molar-refractivity contribution in [2.75, 3.05) is 0 Å². The first-order chi connectivity index (χ1) is 14.9. The highest BCUT2D eigenvalue weighted by Gasteiger charge is 2.25. The Morgan fingerprint density at radius 1 is 0.848 bits per heavy atom. The molecule has 0 aliphatic carbocycles. The molecular formula is C29H37Cl2NO. The van der Waals surface area contributed by atoms with Crippen LogP contribution in [0.15, 0.2) is 60.7 Å². The molecule has 0 heterocycles. The number of aryl methyl sites for hydroxylation is 1. The predicted molar refractivity (Wildman–Crippen MR) is 145 cm³/mol. The van der Waals surface area contributed by atoms with Crippen molar-refractivity contribution in [1.82, 2.24) is 4.90 Å². The van der Waals surface area contributed by atoms with Crippen LogP contribution < -0.4 is 0 Å². The second-order valence-corrected chi connectivity index (χ2v) is 11.2. The summed E-state index contributed by atoms with van der Waals surface area (Å²) >= 11 is 6.27. The fourth-order valence-corrected chi connectivity index (χ4v) is 3.94. The van der Waals surface area contributed by atoms with E-state index in [1.807, 2.05) is 25.1 Å². The number of hydrogen-bond donors (Lipinski definition) is 1. The van der Waals surface area contributed by atoms with Gasteiger partial charge in [0, 0.05) is 34.8 Å². The summed E-state index contributed by atoms with van der Waals surface area (Å²) in [5.74, 6) is 0.349. The molecule has 0 fully saturated rings. The zero-order valence-corrected chi connectivity index (χ0v) is 22.4. The Morgan fingerprint density at radius 2 is 1.48 bits per heavy atom. The summed E-state index contributed by atoms with van der Waals surface area (Å²) in [5, 5.41) is 12.2. The summed E-state index contributed by atoms with van der Waals surface area (Å²) in [6.45, 7) is 16.8. The molecule has 3 aromatic rings. The first-order valence-electron chi connectivity index (χ1n) is 11.3. The number of hydrogen-bond acceptors (Lipinski definition) is 2. The van der Waals surface area contributed by atoms with Gasteiger partial charge in [-0.1, -0.05) is 74.8 Å². The van der Waals surface area contributed by atoms with Crippen LogP contribution >= 0.6 is 24.0 Å². The Balaban J connectivity index is 0.00000385. The molecule has 1 N–H and O–H groups in total. The second kappa shape index (κ2) is 10.5. The van der Waals surface area contributed by atoms with E-state index in [1.54, 1.807) is 0 Å². The molecule has 3 aromatic carbocycles. The molecule has 3 rings (SSSR count). The zero-order valence-electron chi connectivity index (χ0n) is 20.9. The van der Waals surface area contributed by atoms with Gasteiger partial charge in [0.25, 0.3) is 0 Å². The molecular weight excluding hydrogens is 449 g/mol. The van der Waals surface area contributed by atoms with E-state index in [0.717, 1.165) is 33.8 Å². The molecule has 33 heavy (non-hydrogen) atoms. The van der Waals surface area contributed by atoms with Gasteiger partial charge in [0.05, 0.1) is 0 Å². The molecule has 178 valence electrons. The first-order valence-corrected chi connectivity index (χ1v) is 11.7. The van der Waals surface area contributed by atoms with E-state index in [1.165, 1.54) is 11.1 Å². The minimum atomic E-state index is -0.0585. The molecule has 0 radical (unpaired) electrons. The van der Waals surface area contributed by atoms with E-state index in [2.05, 4.69) is 88.9 Å². The normalized spacial score (nSPS) is 12.0. The van der Waals surface area contributed by atoms with E-state index < -0.39 is 0 Å². The highest BCUT2D eigenvalue weighted by atomic mass is 35.5. The molecule has 0 unspecified atom stereocenters. The van der Waals surface area contributed by atoms with Crippen molar-refractivity contribution < 1.29 is 5.11 Å². The Bertz CT molecular complexity index is 1080. The highest BCUT2D eigenvalue weighted by Crippen LogP contribution is 2.39. The first kappa shape index (κ1) is 27.2. The van der Waals surface area contributed by atoms with Gasteiger partial charge in [-0.25, -0.2) is 0 Å². The molecule has 0 aliphatic rings. The lowest BCUT2D eigenvalue weighted by atomic mass is 9.83. The van der Waals surface area contributed by atoms with Gasteiger partial charge in [0.1, 0.15) is 5.75 Å². The number of halogens is 2. The second-order valence-electron chi connectivity index (χ2n) is 10.8. The SMILES string of the molecule is Cc1cc(-c2cc(C(C)(C)C)cc(CN(Cc3ccccc3)C(C)(C)C)c2O)ccc1Cl.Cl. The van der Waals surface area contributed by atoms with Gasteiger partial charge in [-0.05, 0) is 73.6 Å². The minimum absolute atomic E-state index is 0. The molecule has 0 amide bonds. The summed E-state index contributed by atoms with van der Waals surface area (Å²) in [6.07, 6.45) is 0. The van der Waals surface area contributed by atoms with Crippen molar-refractivity contribution in [3.8, 4) is 16.9 Å². The largest absolute Gasteiger partial charge is 0.507 e. The summed E-state index contributed by atoms with van der Waals surface area (Å²) < 4.78 is 0. The van der Waals surface area contributed by atoms with Crippen LogP contribution in [0, 0.1) is 6.92 Å². The van der Waals surface area contributed by atoms with Gasteiger partial charge in [-0.2, -0.15) is 0 Å². The van der Waals surface area contributed by atoms with E-state index in [4.69, 9.17) is 11.6 Å². The minimum Gasteiger partial charge on any atom is -0.507 e.